The van der Waals surface area contributed by atoms with E-state index in [0.717, 1.165) is 40.6 Å². The molecule has 3 rings (SSSR count). The summed E-state index contributed by atoms with van der Waals surface area (Å²) in [5.41, 5.74) is 3.91. The van der Waals surface area contributed by atoms with Gasteiger partial charge in [-0.3, -0.25) is 4.79 Å². The van der Waals surface area contributed by atoms with Gasteiger partial charge in [0.1, 0.15) is 5.65 Å². The summed E-state index contributed by atoms with van der Waals surface area (Å²) >= 11 is 0. The lowest BCUT2D eigenvalue weighted by Gasteiger charge is -2.14. The van der Waals surface area contributed by atoms with Gasteiger partial charge in [-0.15, -0.1) is 0 Å². The second kappa shape index (κ2) is 4.26. The fourth-order valence-electron chi connectivity index (χ4n) is 2.48. The highest BCUT2D eigenvalue weighted by molar-refractivity contribution is 6.06. The van der Waals surface area contributed by atoms with E-state index in [4.69, 9.17) is 0 Å². The zero-order valence-electron chi connectivity index (χ0n) is 10.2. The van der Waals surface area contributed by atoms with Crippen molar-refractivity contribution in [2.45, 2.75) is 19.8 Å². The molecular formula is C15H14N2O. The Morgan fingerprint density at radius 2 is 2.28 bits per heavy atom. The fraction of sp³-hybridized carbons (Fsp3) is 0.200. The lowest BCUT2D eigenvalue weighted by molar-refractivity contribution is -0.113. The van der Waals surface area contributed by atoms with E-state index < -0.39 is 0 Å². The van der Waals surface area contributed by atoms with Gasteiger partial charge in [0.2, 0.25) is 0 Å². The van der Waals surface area contributed by atoms with Crippen LogP contribution in [0.4, 0.5) is 0 Å². The third kappa shape index (κ3) is 1.68. The van der Waals surface area contributed by atoms with Crippen LogP contribution in [0.15, 0.2) is 42.3 Å². The molecule has 0 spiro atoms. The molecule has 2 aromatic heterocycles. The monoisotopic (exact) mass is 238 g/mol. The first-order chi connectivity index (χ1) is 8.77. The minimum absolute atomic E-state index is 0.162. The van der Waals surface area contributed by atoms with Crippen LogP contribution in [0.3, 0.4) is 0 Å². The van der Waals surface area contributed by atoms with Gasteiger partial charge in [-0.1, -0.05) is 12.2 Å². The van der Waals surface area contributed by atoms with Crippen molar-refractivity contribution < 1.29 is 4.79 Å². The molecule has 0 aliphatic heterocycles. The Morgan fingerprint density at radius 3 is 3.11 bits per heavy atom. The SMILES string of the molecule is CC(=O)C1=C(c2ccnc3[nH]ccc23)C=CCC1. The summed E-state index contributed by atoms with van der Waals surface area (Å²) < 4.78 is 0. The number of nitrogens with zero attached hydrogens (tertiary/aromatic N) is 1. The van der Waals surface area contributed by atoms with Gasteiger partial charge in [-0.05, 0) is 43.0 Å². The van der Waals surface area contributed by atoms with Crippen LogP contribution >= 0.6 is 0 Å². The molecule has 1 aliphatic rings. The van der Waals surface area contributed by atoms with Gasteiger partial charge in [0.15, 0.2) is 5.78 Å². The number of carbonyl (C=O) groups excluding carboxylic acids is 1. The number of aromatic amines is 1. The van der Waals surface area contributed by atoms with Crippen LogP contribution in [-0.2, 0) is 4.79 Å². The lowest BCUT2D eigenvalue weighted by Crippen LogP contribution is -2.03. The minimum Gasteiger partial charge on any atom is -0.346 e. The summed E-state index contributed by atoms with van der Waals surface area (Å²) in [6, 6.07) is 3.98. The molecule has 2 aromatic rings. The van der Waals surface area contributed by atoms with Crippen LogP contribution in [0, 0.1) is 0 Å². The molecule has 3 nitrogen and oxygen atoms in total. The highest BCUT2D eigenvalue weighted by atomic mass is 16.1. The molecule has 3 heteroatoms. The fourth-order valence-corrected chi connectivity index (χ4v) is 2.48. The topological polar surface area (TPSA) is 45.8 Å². The molecule has 1 N–H and O–H groups in total. The van der Waals surface area contributed by atoms with Crippen LogP contribution in [0.5, 0.6) is 0 Å². The van der Waals surface area contributed by atoms with Crippen molar-refractivity contribution in [1.29, 1.82) is 0 Å². The molecule has 0 saturated heterocycles. The number of hydrogen-bond donors (Lipinski definition) is 1. The minimum atomic E-state index is 0.162. The molecule has 0 saturated carbocycles. The number of nitrogens with one attached hydrogen (secondary N) is 1. The molecule has 0 unspecified atom stereocenters. The van der Waals surface area contributed by atoms with Crippen LogP contribution in [0.25, 0.3) is 16.6 Å². The van der Waals surface area contributed by atoms with Gasteiger partial charge >= 0.3 is 0 Å². The number of carbonyl (C=O) groups is 1. The van der Waals surface area contributed by atoms with Crippen molar-refractivity contribution >= 4 is 22.4 Å². The zero-order valence-corrected chi connectivity index (χ0v) is 10.2. The van der Waals surface area contributed by atoms with Gasteiger partial charge in [0.05, 0.1) is 0 Å². The standard InChI is InChI=1S/C15H14N2O/c1-10(18)11-4-2-3-5-12(11)13-6-8-16-15-14(13)7-9-17-15/h3,5-9H,2,4H2,1H3,(H,16,17). The Bertz CT molecular complexity index is 677. The van der Waals surface area contributed by atoms with E-state index in [-0.39, 0.29) is 5.78 Å². The largest absolute Gasteiger partial charge is 0.346 e. The molecular weight excluding hydrogens is 224 g/mol. The van der Waals surface area contributed by atoms with E-state index in [0.29, 0.717) is 0 Å². The van der Waals surface area contributed by atoms with Crippen LogP contribution in [0.1, 0.15) is 25.3 Å². The molecule has 2 heterocycles. The number of ketones is 1. The van der Waals surface area contributed by atoms with Crippen LogP contribution in [-0.4, -0.2) is 15.8 Å². The smallest absolute Gasteiger partial charge is 0.156 e. The summed E-state index contributed by atoms with van der Waals surface area (Å²) in [7, 11) is 0. The maximum Gasteiger partial charge on any atom is 0.156 e. The van der Waals surface area contributed by atoms with Crippen molar-refractivity contribution in [3.05, 3.63) is 47.8 Å². The number of pyridine rings is 1. The van der Waals surface area contributed by atoms with E-state index in [2.05, 4.69) is 22.1 Å². The molecule has 0 aromatic carbocycles. The summed E-state index contributed by atoms with van der Waals surface area (Å²) in [6.45, 7) is 1.64. The molecule has 0 atom stereocenters. The number of aromatic nitrogens is 2. The molecule has 1 aliphatic carbocycles. The Morgan fingerprint density at radius 1 is 1.39 bits per heavy atom. The number of rotatable bonds is 2. The molecule has 0 radical (unpaired) electrons. The van der Waals surface area contributed by atoms with E-state index in [1.807, 2.05) is 18.3 Å². The van der Waals surface area contributed by atoms with Crippen molar-refractivity contribution in [1.82, 2.24) is 9.97 Å². The van der Waals surface area contributed by atoms with Crippen LogP contribution in [0.2, 0.25) is 0 Å². The maximum absolute atomic E-state index is 11.7. The predicted octanol–water partition coefficient (Wildman–Crippen LogP) is 3.26. The Balaban J connectivity index is 2.27. The van der Waals surface area contributed by atoms with E-state index in [1.165, 1.54) is 0 Å². The summed E-state index contributed by atoms with van der Waals surface area (Å²) in [4.78, 5) is 19.1. The van der Waals surface area contributed by atoms with E-state index in [9.17, 15) is 4.79 Å². The van der Waals surface area contributed by atoms with Gasteiger partial charge in [-0.25, -0.2) is 4.98 Å². The quantitative estimate of drug-likeness (QED) is 0.872. The van der Waals surface area contributed by atoms with Gasteiger partial charge < -0.3 is 4.98 Å². The van der Waals surface area contributed by atoms with Gasteiger partial charge in [0.25, 0.3) is 0 Å². The van der Waals surface area contributed by atoms with Crippen molar-refractivity contribution in [2.24, 2.45) is 0 Å². The normalized spacial score (nSPS) is 15.4. The predicted molar refractivity (Wildman–Crippen MR) is 72.1 cm³/mol. The third-order valence-corrected chi connectivity index (χ3v) is 3.35. The van der Waals surface area contributed by atoms with E-state index in [1.54, 1.807) is 13.1 Å². The average Bonchev–Trinajstić information content (AvgIpc) is 2.86. The summed E-state index contributed by atoms with van der Waals surface area (Å²) in [6.07, 6.45) is 9.61. The Labute approximate surface area is 105 Å². The number of H-pyrrole nitrogens is 1. The van der Waals surface area contributed by atoms with Gasteiger partial charge in [-0.2, -0.15) is 0 Å². The lowest BCUT2D eigenvalue weighted by atomic mass is 9.89. The second-order valence-corrected chi connectivity index (χ2v) is 4.49. The highest BCUT2D eigenvalue weighted by Crippen LogP contribution is 2.31. The molecule has 0 fully saturated rings. The van der Waals surface area contributed by atoms with Gasteiger partial charge in [0, 0.05) is 23.4 Å². The number of hydrogen-bond acceptors (Lipinski definition) is 2. The molecule has 18 heavy (non-hydrogen) atoms. The molecule has 0 bridgehead atoms. The van der Waals surface area contributed by atoms with Crippen molar-refractivity contribution in [3.63, 3.8) is 0 Å². The Hall–Kier alpha value is -2.16. The first kappa shape index (κ1) is 11.0. The van der Waals surface area contributed by atoms with E-state index >= 15 is 0 Å². The second-order valence-electron chi connectivity index (χ2n) is 4.49. The zero-order chi connectivity index (χ0) is 12.5. The number of fused-ring (bicyclic) bond motifs is 1. The first-order valence-corrected chi connectivity index (χ1v) is 6.10. The van der Waals surface area contributed by atoms with Crippen LogP contribution < -0.4 is 0 Å². The summed E-state index contributed by atoms with van der Waals surface area (Å²) in [5, 5.41) is 1.07. The third-order valence-electron chi connectivity index (χ3n) is 3.35. The summed E-state index contributed by atoms with van der Waals surface area (Å²) in [5.74, 6) is 0.162. The average molecular weight is 238 g/mol. The molecule has 90 valence electrons. The number of allylic oxidation sites excluding steroid dienone is 4. The highest BCUT2D eigenvalue weighted by Gasteiger charge is 2.16. The van der Waals surface area contributed by atoms with Crippen molar-refractivity contribution in [3.8, 4) is 0 Å². The maximum atomic E-state index is 11.7. The first-order valence-electron chi connectivity index (χ1n) is 6.10. The Kier molecular flexibility index (Phi) is 2.59. The number of Topliss-reactive ketones (excluding diaryl/α,β-unsaturated/α-hetero) is 1. The molecule has 0 amide bonds. The van der Waals surface area contributed by atoms with Crippen molar-refractivity contribution in [2.75, 3.05) is 0 Å².